The molecule has 0 spiro atoms. The third-order valence-corrected chi connectivity index (χ3v) is 11.1. The van der Waals surface area contributed by atoms with Crippen molar-refractivity contribution in [2.75, 3.05) is 26.9 Å². The van der Waals surface area contributed by atoms with E-state index in [9.17, 15) is 19.8 Å². The Balaban J connectivity index is 1.58. The van der Waals surface area contributed by atoms with Gasteiger partial charge in [0, 0.05) is 38.5 Å². The van der Waals surface area contributed by atoms with Crippen LogP contribution >= 0.6 is 0 Å². The van der Waals surface area contributed by atoms with Gasteiger partial charge in [-0.1, -0.05) is 40.4 Å². The van der Waals surface area contributed by atoms with Gasteiger partial charge in [0.25, 0.3) is 5.91 Å². The number of hydrogen-bond donors (Lipinski definition) is 3. The molecule has 2 aliphatic rings. The van der Waals surface area contributed by atoms with Crippen molar-refractivity contribution in [1.82, 2.24) is 24.8 Å². The maximum atomic E-state index is 15.0. The fourth-order valence-corrected chi connectivity index (χ4v) is 7.29. The molecule has 2 amide bonds. The van der Waals surface area contributed by atoms with E-state index in [1.807, 2.05) is 25.3 Å². The van der Waals surface area contributed by atoms with E-state index >= 15 is 4.39 Å². The van der Waals surface area contributed by atoms with Crippen LogP contribution in [-0.2, 0) is 11.5 Å². The molecule has 3 aromatic rings. The normalized spacial score (nSPS) is 20.0. The van der Waals surface area contributed by atoms with Gasteiger partial charge in [0.2, 0.25) is 0 Å². The summed E-state index contributed by atoms with van der Waals surface area (Å²) in [4.78, 5) is 36.7. The van der Waals surface area contributed by atoms with E-state index in [1.165, 1.54) is 24.4 Å². The van der Waals surface area contributed by atoms with Crippen molar-refractivity contribution in [3.63, 3.8) is 0 Å². The van der Waals surface area contributed by atoms with Crippen molar-refractivity contribution in [2.45, 2.75) is 97.6 Å². The number of amides is 2. The lowest BCUT2D eigenvalue weighted by Crippen LogP contribution is -2.64. The summed E-state index contributed by atoms with van der Waals surface area (Å²) in [6, 6.07) is 2.36. The lowest BCUT2D eigenvalue weighted by Gasteiger charge is -2.47. The highest BCUT2D eigenvalue weighted by molar-refractivity contribution is 6.76. The Morgan fingerprint density at radius 3 is 2.45 bits per heavy atom. The molecule has 1 saturated carbocycles. The number of carboxylic acid groups (broad SMARTS) is 1. The average Bonchev–Trinajstić information content (AvgIpc) is 3.80. The molecule has 0 bridgehead atoms. The number of aliphatic hydroxyl groups is 1. The SMILES string of the molecule is COc1cc(-c2ncnc3c(C(=O)N[C@@H]4CCN(C(=O)O)C(C(C)(C)C)[C@@H]4O)c(C)n(COCC[Si](C)(C)C)c23)c(OCC2CC2)cc1F. The Bertz CT molecular complexity index is 1700. The van der Waals surface area contributed by atoms with Crippen LogP contribution in [0.3, 0.4) is 0 Å². The minimum atomic E-state index is -1.39. The minimum Gasteiger partial charge on any atom is -0.494 e. The molecular weight excluding hydrogens is 649 g/mol. The summed E-state index contributed by atoms with van der Waals surface area (Å²) in [6.07, 6.45) is 1.46. The first kappa shape index (κ1) is 36.5. The third kappa shape index (κ3) is 8.02. The van der Waals surface area contributed by atoms with Crippen LogP contribution in [0.5, 0.6) is 11.5 Å². The first-order valence-corrected chi connectivity index (χ1v) is 20.6. The number of hydrogen-bond acceptors (Lipinski definition) is 8. The Labute approximate surface area is 288 Å². The van der Waals surface area contributed by atoms with Crippen LogP contribution < -0.4 is 14.8 Å². The van der Waals surface area contributed by atoms with Crippen LogP contribution in [0.4, 0.5) is 9.18 Å². The zero-order chi connectivity index (χ0) is 35.8. The largest absolute Gasteiger partial charge is 0.494 e. The zero-order valence-electron chi connectivity index (χ0n) is 29.8. The van der Waals surface area contributed by atoms with Crippen LogP contribution in [0.25, 0.3) is 22.3 Å². The van der Waals surface area contributed by atoms with Crippen molar-refractivity contribution in [3.8, 4) is 22.8 Å². The van der Waals surface area contributed by atoms with Gasteiger partial charge in [0.15, 0.2) is 11.6 Å². The second-order valence-corrected chi connectivity index (χ2v) is 21.2. The van der Waals surface area contributed by atoms with E-state index < -0.39 is 49.5 Å². The molecule has 1 aromatic carbocycles. The summed E-state index contributed by atoms with van der Waals surface area (Å²) in [5, 5.41) is 24.3. The number of nitrogens with zero attached hydrogens (tertiary/aromatic N) is 4. The fraction of sp³-hybridized carbons (Fsp3) is 0.600. The maximum absolute atomic E-state index is 15.0. The van der Waals surface area contributed by atoms with Crippen molar-refractivity contribution in [2.24, 2.45) is 11.3 Å². The molecule has 49 heavy (non-hydrogen) atoms. The van der Waals surface area contributed by atoms with E-state index in [-0.39, 0.29) is 31.0 Å². The molecule has 14 heteroatoms. The maximum Gasteiger partial charge on any atom is 0.407 e. The summed E-state index contributed by atoms with van der Waals surface area (Å²) in [6.45, 7) is 15.5. The van der Waals surface area contributed by atoms with Gasteiger partial charge in [0.1, 0.15) is 30.0 Å². The van der Waals surface area contributed by atoms with Gasteiger partial charge in [-0.15, -0.1) is 0 Å². The Hall–Kier alpha value is -3.75. The van der Waals surface area contributed by atoms with Crippen LogP contribution in [0.15, 0.2) is 18.5 Å². The first-order chi connectivity index (χ1) is 23.0. The van der Waals surface area contributed by atoms with E-state index in [4.69, 9.17) is 14.2 Å². The van der Waals surface area contributed by atoms with Gasteiger partial charge in [0.05, 0.1) is 43.0 Å². The summed E-state index contributed by atoms with van der Waals surface area (Å²) in [7, 11) is 0.000984. The Morgan fingerprint density at radius 1 is 1.12 bits per heavy atom. The monoisotopic (exact) mass is 699 g/mol. The number of carbonyl (C=O) groups excluding carboxylic acids is 1. The number of halogens is 1. The minimum absolute atomic E-state index is 0.0230. The number of carbonyl (C=O) groups is 2. The second kappa shape index (κ2) is 14.2. The van der Waals surface area contributed by atoms with E-state index in [0.717, 1.165) is 18.9 Å². The van der Waals surface area contributed by atoms with Crippen molar-refractivity contribution in [3.05, 3.63) is 35.5 Å². The van der Waals surface area contributed by atoms with Crippen molar-refractivity contribution >= 4 is 31.1 Å². The molecule has 1 aliphatic heterocycles. The molecule has 1 aliphatic carbocycles. The number of aliphatic hydroxyl groups excluding tert-OH is 1. The number of ether oxygens (including phenoxy) is 3. The molecule has 3 atom stereocenters. The van der Waals surface area contributed by atoms with Gasteiger partial charge in [-0.3, -0.25) is 4.79 Å². The van der Waals surface area contributed by atoms with E-state index in [2.05, 4.69) is 34.9 Å². The molecule has 5 rings (SSSR count). The van der Waals surface area contributed by atoms with E-state index in [1.54, 1.807) is 13.0 Å². The van der Waals surface area contributed by atoms with Crippen LogP contribution in [0.1, 0.15) is 56.1 Å². The number of piperidine rings is 1. The second-order valence-electron chi connectivity index (χ2n) is 15.5. The Kier molecular flexibility index (Phi) is 10.6. The number of likely N-dealkylation sites (tertiary alicyclic amines) is 1. The number of methoxy groups -OCH3 is 1. The molecule has 1 saturated heterocycles. The summed E-state index contributed by atoms with van der Waals surface area (Å²) in [5.41, 5.74) is 2.05. The van der Waals surface area contributed by atoms with Crippen LogP contribution in [0, 0.1) is 24.1 Å². The summed E-state index contributed by atoms with van der Waals surface area (Å²) >= 11 is 0. The highest BCUT2D eigenvalue weighted by atomic mass is 28.3. The number of rotatable bonds is 12. The summed E-state index contributed by atoms with van der Waals surface area (Å²) in [5.74, 6) is -0.280. The smallest absolute Gasteiger partial charge is 0.407 e. The van der Waals surface area contributed by atoms with Crippen LogP contribution in [0.2, 0.25) is 25.7 Å². The van der Waals surface area contributed by atoms with Gasteiger partial charge in [-0.25, -0.2) is 19.2 Å². The topological polar surface area (TPSA) is 148 Å². The zero-order valence-corrected chi connectivity index (χ0v) is 30.8. The average molecular weight is 700 g/mol. The molecule has 2 fully saturated rings. The molecule has 268 valence electrons. The molecule has 0 radical (unpaired) electrons. The molecule has 3 heterocycles. The van der Waals surface area contributed by atoms with Crippen molar-refractivity contribution in [1.29, 1.82) is 0 Å². The standard InChI is InChI=1S/C35H50FN5O7Si/c1-20-27(33(43)39-24-11-12-40(34(44)45)32(31(24)42)35(2,3)4)29-30(41(20)19-47-13-14-49(6,7)8)28(37-18-38-29)22-15-26(46-5)23(36)16-25(22)48-17-21-9-10-21/h15-16,18,21,24,31-32,42H,9-14,17,19H2,1-8H3,(H,39,43)(H,44,45)/t24-,31-,32?/m1/s1. The van der Waals surface area contributed by atoms with Gasteiger partial charge in [-0.2, -0.15) is 0 Å². The van der Waals surface area contributed by atoms with Crippen molar-refractivity contribution < 1.29 is 38.4 Å². The lowest BCUT2D eigenvalue weighted by molar-refractivity contribution is -0.0470. The highest BCUT2D eigenvalue weighted by Gasteiger charge is 2.46. The molecule has 3 N–H and O–H groups in total. The quantitative estimate of drug-likeness (QED) is 0.155. The van der Waals surface area contributed by atoms with Gasteiger partial charge < -0.3 is 39.2 Å². The number of benzene rings is 1. The van der Waals surface area contributed by atoms with Gasteiger partial charge >= 0.3 is 6.09 Å². The van der Waals surface area contributed by atoms with Crippen LogP contribution in [-0.4, -0.2) is 94.8 Å². The predicted molar refractivity (Wildman–Crippen MR) is 186 cm³/mol. The fourth-order valence-electron chi connectivity index (χ4n) is 6.53. The van der Waals surface area contributed by atoms with Gasteiger partial charge in [-0.05, 0) is 49.6 Å². The first-order valence-electron chi connectivity index (χ1n) is 16.9. The summed E-state index contributed by atoms with van der Waals surface area (Å²) < 4.78 is 34.5. The third-order valence-electron chi connectivity index (χ3n) is 9.42. The predicted octanol–water partition coefficient (Wildman–Crippen LogP) is 5.91. The number of nitrogens with one attached hydrogen (secondary N) is 1. The molecule has 2 aromatic heterocycles. The lowest BCUT2D eigenvalue weighted by atomic mass is 9.77. The molecule has 12 nitrogen and oxygen atoms in total. The number of aromatic nitrogens is 3. The number of fused-ring (bicyclic) bond motifs is 1. The highest BCUT2D eigenvalue weighted by Crippen LogP contribution is 2.41. The molecular formula is C35H50FN5O7Si. The Morgan fingerprint density at radius 2 is 1.84 bits per heavy atom. The van der Waals surface area contributed by atoms with E-state index in [0.29, 0.717) is 52.9 Å². The molecule has 1 unspecified atom stereocenters.